The van der Waals surface area contributed by atoms with E-state index in [4.69, 9.17) is 9.15 Å². The van der Waals surface area contributed by atoms with Gasteiger partial charge in [0, 0.05) is 17.8 Å². The van der Waals surface area contributed by atoms with Crippen LogP contribution in [0.5, 0.6) is 5.75 Å². The van der Waals surface area contributed by atoms with E-state index in [0.29, 0.717) is 28.9 Å². The number of fused-ring (bicyclic) bond motifs is 1. The summed E-state index contributed by atoms with van der Waals surface area (Å²) >= 11 is 0. The molecule has 0 unspecified atom stereocenters. The molecule has 4 aromatic rings. The third-order valence-electron chi connectivity index (χ3n) is 5.45. The monoisotopic (exact) mass is 398 g/mol. The topological polar surface area (TPSA) is 57.3 Å². The summed E-state index contributed by atoms with van der Waals surface area (Å²) in [6.45, 7) is 0.382. The van der Waals surface area contributed by atoms with E-state index >= 15 is 0 Å². The second kappa shape index (κ2) is 8.03. The molecule has 2 heterocycles. The van der Waals surface area contributed by atoms with Crippen molar-refractivity contribution in [1.82, 2.24) is 9.78 Å². The van der Waals surface area contributed by atoms with Gasteiger partial charge in [-0.1, -0.05) is 24.3 Å². The van der Waals surface area contributed by atoms with Crippen LogP contribution in [0.25, 0.3) is 22.2 Å². The van der Waals surface area contributed by atoms with Crippen LogP contribution >= 0.6 is 0 Å². The summed E-state index contributed by atoms with van der Waals surface area (Å²) in [6, 6.07) is 15.3. The molecular weight excluding hydrogens is 376 g/mol. The first-order valence-corrected chi connectivity index (χ1v) is 10.2. The molecule has 0 atom stereocenters. The van der Waals surface area contributed by atoms with Gasteiger partial charge in [-0.3, -0.25) is 4.79 Å². The van der Waals surface area contributed by atoms with Crippen molar-refractivity contribution < 1.29 is 9.15 Å². The minimum Gasteiger partial charge on any atom is -0.489 e. The predicted octanol–water partition coefficient (Wildman–Crippen LogP) is 5.52. The number of para-hydroxylation sites is 1. The van der Waals surface area contributed by atoms with Crippen molar-refractivity contribution in [3.8, 4) is 11.4 Å². The van der Waals surface area contributed by atoms with Gasteiger partial charge in [-0.2, -0.15) is 5.10 Å². The Labute approximate surface area is 174 Å². The van der Waals surface area contributed by atoms with Crippen LogP contribution in [0, 0.1) is 0 Å². The molecule has 150 valence electrons. The Morgan fingerprint density at radius 1 is 1.10 bits per heavy atom. The Morgan fingerprint density at radius 2 is 2.00 bits per heavy atom. The number of allylic oxidation sites excluding steroid dienone is 2. The van der Waals surface area contributed by atoms with Gasteiger partial charge in [0.25, 0.3) is 0 Å². The van der Waals surface area contributed by atoms with Gasteiger partial charge in [-0.05, 0) is 55.5 Å². The molecule has 0 spiro atoms. The van der Waals surface area contributed by atoms with Gasteiger partial charge in [0.15, 0.2) is 5.43 Å². The number of rotatable bonds is 5. The Morgan fingerprint density at radius 3 is 2.83 bits per heavy atom. The van der Waals surface area contributed by atoms with Crippen molar-refractivity contribution in [3.63, 3.8) is 0 Å². The summed E-state index contributed by atoms with van der Waals surface area (Å²) in [5.41, 5.74) is 4.31. The van der Waals surface area contributed by atoms with Crippen LogP contribution in [0.1, 0.15) is 36.8 Å². The van der Waals surface area contributed by atoms with Crippen LogP contribution in [0.15, 0.2) is 82.5 Å². The zero-order valence-corrected chi connectivity index (χ0v) is 16.6. The average molecular weight is 398 g/mol. The molecule has 2 aromatic heterocycles. The predicted molar refractivity (Wildman–Crippen MR) is 117 cm³/mol. The van der Waals surface area contributed by atoms with Gasteiger partial charge >= 0.3 is 0 Å². The highest BCUT2D eigenvalue weighted by Gasteiger charge is 2.14. The second-order valence-electron chi connectivity index (χ2n) is 7.53. The third-order valence-corrected chi connectivity index (χ3v) is 5.45. The summed E-state index contributed by atoms with van der Waals surface area (Å²) in [4.78, 5) is 12.9. The molecule has 5 heteroatoms. The number of ether oxygens (including phenoxy) is 1. The van der Waals surface area contributed by atoms with Crippen molar-refractivity contribution in [2.75, 3.05) is 0 Å². The van der Waals surface area contributed by atoms with E-state index in [1.807, 2.05) is 47.3 Å². The molecule has 1 aliphatic rings. The molecular formula is C25H22N2O3. The standard InChI is InChI=1S/C25H22N2O3/c28-25-22-12-11-21(13-24(22)30-17-23(25)19-7-3-1-4-8-19)29-16-18-14-26-27(15-18)20-9-5-2-6-10-20/h2,5-7,9-15,17H,1,3-4,8,16H2. The molecule has 0 radical (unpaired) electrons. The molecule has 0 saturated heterocycles. The summed E-state index contributed by atoms with van der Waals surface area (Å²) in [7, 11) is 0. The Kier molecular flexibility index (Phi) is 4.93. The number of nitrogens with zero attached hydrogens (tertiary/aromatic N) is 2. The fourth-order valence-corrected chi connectivity index (χ4v) is 3.83. The highest BCUT2D eigenvalue weighted by molar-refractivity contribution is 5.82. The lowest BCUT2D eigenvalue weighted by molar-refractivity contribution is 0.306. The number of benzene rings is 2. The second-order valence-corrected chi connectivity index (χ2v) is 7.53. The normalized spacial score (nSPS) is 13.9. The Bertz CT molecular complexity index is 1270. The maximum absolute atomic E-state index is 12.9. The lowest BCUT2D eigenvalue weighted by atomic mass is 9.94. The number of hydrogen-bond acceptors (Lipinski definition) is 4. The van der Waals surface area contributed by atoms with Crippen LogP contribution in [0.4, 0.5) is 0 Å². The van der Waals surface area contributed by atoms with Crippen molar-refractivity contribution in [3.05, 3.63) is 94.6 Å². The molecule has 0 amide bonds. The first-order chi connectivity index (χ1) is 14.8. The fourth-order valence-electron chi connectivity index (χ4n) is 3.83. The van der Waals surface area contributed by atoms with E-state index in [1.165, 1.54) is 6.42 Å². The first kappa shape index (κ1) is 18.4. The third kappa shape index (κ3) is 3.66. The molecule has 0 aliphatic heterocycles. The highest BCUT2D eigenvalue weighted by Crippen LogP contribution is 2.27. The van der Waals surface area contributed by atoms with Gasteiger partial charge < -0.3 is 9.15 Å². The molecule has 2 aromatic carbocycles. The molecule has 0 bridgehead atoms. The van der Waals surface area contributed by atoms with E-state index in [9.17, 15) is 4.79 Å². The molecule has 0 saturated carbocycles. The SMILES string of the molecule is O=c1c(C2=CCCCC2)coc2cc(OCc3cnn(-c4ccccc4)c3)ccc12. The van der Waals surface area contributed by atoms with E-state index in [-0.39, 0.29) is 5.43 Å². The van der Waals surface area contributed by atoms with Crippen molar-refractivity contribution in [2.24, 2.45) is 0 Å². The summed E-state index contributed by atoms with van der Waals surface area (Å²) < 4.78 is 13.5. The van der Waals surface area contributed by atoms with Gasteiger partial charge in [0.2, 0.25) is 0 Å². The van der Waals surface area contributed by atoms with Gasteiger partial charge in [-0.25, -0.2) is 4.68 Å². The van der Waals surface area contributed by atoms with Gasteiger partial charge in [0.05, 0.1) is 22.8 Å². The van der Waals surface area contributed by atoms with E-state index in [1.54, 1.807) is 24.6 Å². The minimum absolute atomic E-state index is 0.0279. The molecule has 0 fully saturated rings. The quantitative estimate of drug-likeness (QED) is 0.444. The summed E-state index contributed by atoms with van der Waals surface area (Å²) in [6.07, 6.45) is 11.8. The minimum atomic E-state index is 0.0279. The lowest BCUT2D eigenvalue weighted by Crippen LogP contribution is -2.09. The lowest BCUT2D eigenvalue weighted by Gasteiger charge is -2.12. The fraction of sp³-hybridized carbons (Fsp3) is 0.200. The largest absolute Gasteiger partial charge is 0.489 e. The maximum Gasteiger partial charge on any atom is 0.200 e. The van der Waals surface area contributed by atoms with Crippen LogP contribution in [0.3, 0.4) is 0 Å². The van der Waals surface area contributed by atoms with E-state index in [0.717, 1.165) is 36.1 Å². The molecule has 1 aliphatic carbocycles. The zero-order valence-electron chi connectivity index (χ0n) is 16.6. The Hall–Kier alpha value is -3.60. The van der Waals surface area contributed by atoms with Crippen molar-refractivity contribution >= 4 is 16.5 Å². The molecule has 0 N–H and O–H groups in total. The van der Waals surface area contributed by atoms with Crippen molar-refractivity contribution in [1.29, 1.82) is 0 Å². The smallest absolute Gasteiger partial charge is 0.200 e. The molecule has 30 heavy (non-hydrogen) atoms. The van der Waals surface area contributed by atoms with Crippen LogP contribution in [-0.2, 0) is 6.61 Å². The maximum atomic E-state index is 12.9. The van der Waals surface area contributed by atoms with Crippen LogP contribution < -0.4 is 10.2 Å². The van der Waals surface area contributed by atoms with Crippen molar-refractivity contribution in [2.45, 2.75) is 32.3 Å². The van der Waals surface area contributed by atoms with Gasteiger partial charge in [-0.15, -0.1) is 0 Å². The Balaban J connectivity index is 1.34. The first-order valence-electron chi connectivity index (χ1n) is 10.2. The van der Waals surface area contributed by atoms with Crippen LogP contribution in [-0.4, -0.2) is 9.78 Å². The molecule has 5 rings (SSSR count). The van der Waals surface area contributed by atoms with E-state index < -0.39 is 0 Å². The van der Waals surface area contributed by atoms with E-state index in [2.05, 4.69) is 11.2 Å². The number of hydrogen-bond donors (Lipinski definition) is 0. The van der Waals surface area contributed by atoms with Crippen LogP contribution in [0.2, 0.25) is 0 Å². The molecule has 5 nitrogen and oxygen atoms in total. The van der Waals surface area contributed by atoms with Gasteiger partial charge in [0.1, 0.15) is 24.2 Å². The summed E-state index contributed by atoms with van der Waals surface area (Å²) in [5.74, 6) is 0.655. The highest BCUT2D eigenvalue weighted by atomic mass is 16.5. The summed E-state index contributed by atoms with van der Waals surface area (Å²) in [5, 5.41) is 4.97. The average Bonchev–Trinajstić information content (AvgIpc) is 3.28. The zero-order chi connectivity index (χ0) is 20.3. The number of aromatic nitrogens is 2.